The maximum Gasteiger partial charge on any atom is 0.124 e. The Bertz CT molecular complexity index is 358. The number of nitrogens with two attached hydrogens (primary N) is 1. The number of ether oxygens (including phenoxy) is 1. The molecule has 0 radical (unpaired) electrons. The Hall–Kier alpha value is -1.02. The van der Waals surface area contributed by atoms with Crippen molar-refractivity contribution in [3.63, 3.8) is 0 Å². The molecule has 1 aromatic rings. The molecule has 0 heterocycles. The van der Waals surface area contributed by atoms with Crippen LogP contribution in [0.2, 0.25) is 0 Å². The van der Waals surface area contributed by atoms with Crippen molar-refractivity contribution in [2.24, 2.45) is 11.7 Å². The van der Waals surface area contributed by atoms with Gasteiger partial charge in [0.1, 0.15) is 5.75 Å². The molecule has 0 aliphatic carbocycles. The van der Waals surface area contributed by atoms with E-state index in [1.165, 1.54) is 0 Å². The second-order valence-electron chi connectivity index (χ2n) is 5.25. The molecule has 0 aromatic heterocycles. The van der Waals surface area contributed by atoms with Crippen molar-refractivity contribution in [2.75, 3.05) is 0 Å². The fourth-order valence-corrected chi connectivity index (χ4v) is 1.96. The summed E-state index contributed by atoms with van der Waals surface area (Å²) >= 11 is 0. The highest BCUT2D eigenvalue weighted by atomic mass is 16.5. The van der Waals surface area contributed by atoms with Gasteiger partial charge in [-0.3, -0.25) is 0 Å². The molecule has 1 rings (SSSR count). The second kappa shape index (κ2) is 5.54. The van der Waals surface area contributed by atoms with E-state index in [1.807, 2.05) is 32.0 Å². The van der Waals surface area contributed by atoms with Gasteiger partial charge in [-0.25, -0.2) is 0 Å². The van der Waals surface area contributed by atoms with E-state index in [0.717, 1.165) is 17.7 Å². The maximum absolute atomic E-state index is 6.49. The Balaban J connectivity index is 3.12. The van der Waals surface area contributed by atoms with Crippen LogP contribution in [0.15, 0.2) is 24.3 Å². The molecule has 96 valence electrons. The van der Waals surface area contributed by atoms with E-state index in [-0.39, 0.29) is 11.6 Å². The topological polar surface area (TPSA) is 35.2 Å². The zero-order valence-corrected chi connectivity index (χ0v) is 11.7. The Kier molecular flexibility index (Phi) is 4.58. The summed E-state index contributed by atoms with van der Waals surface area (Å²) < 4.78 is 5.85. The minimum Gasteiger partial charge on any atom is -0.491 e. The van der Waals surface area contributed by atoms with E-state index >= 15 is 0 Å². The van der Waals surface area contributed by atoms with Crippen molar-refractivity contribution < 1.29 is 4.74 Å². The highest BCUT2D eigenvalue weighted by Gasteiger charge is 2.30. The molecule has 0 spiro atoms. The van der Waals surface area contributed by atoms with Crippen molar-refractivity contribution in [2.45, 2.75) is 52.7 Å². The average molecular weight is 235 g/mol. The standard InChI is InChI=1S/C15H25NO/c1-6-12(4)15(5,16)13-9-7-8-10-14(13)17-11(2)3/h7-12H,6,16H2,1-5H3. The molecular weight excluding hydrogens is 210 g/mol. The summed E-state index contributed by atoms with van der Waals surface area (Å²) in [6.07, 6.45) is 1.23. The van der Waals surface area contributed by atoms with Gasteiger partial charge in [0.15, 0.2) is 0 Å². The Morgan fingerprint density at radius 1 is 1.24 bits per heavy atom. The van der Waals surface area contributed by atoms with E-state index in [0.29, 0.717) is 5.92 Å². The molecule has 17 heavy (non-hydrogen) atoms. The molecule has 1 aromatic carbocycles. The highest BCUT2D eigenvalue weighted by Crippen LogP contribution is 2.35. The van der Waals surface area contributed by atoms with Crippen molar-refractivity contribution >= 4 is 0 Å². The zero-order valence-electron chi connectivity index (χ0n) is 11.7. The Morgan fingerprint density at radius 2 is 1.82 bits per heavy atom. The van der Waals surface area contributed by atoms with Gasteiger partial charge in [-0.2, -0.15) is 0 Å². The summed E-state index contributed by atoms with van der Waals surface area (Å²) in [5.74, 6) is 1.33. The number of hydrogen-bond donors (Lipinski definition) is 1. The van der Waals surface area contributed by atoms with Crippen molar-refractivity contribution in [1.82, 2.24) is 0 Å². The summed E-state index contributed by atoms with van der Waals surface area (Å²) in [6.45, 7) is 10.5. The normalized spacial score (nSPS) is 16.6. The molecule has 0 saturated heterocycles. The van der Waals surface area contributed by atoms with Crippen LogP contribution in [0, 0.1) is 5.92 Å². The van der Waals surface area contributed by atoms with Gasteiger partial charge in [-0.1, -0.05) is 38.5 Å². The van der Waals surface area contributed by atoms with Crippen LogP contribution in [-0.4, -0.2) is 6.10 Å². The predicted octanol–water partition coefficient (Wildman–Crippen LogP) is 3.69. The highest BCUT2D eigenvalue weighted by molar-refractivity contribution is 5.39. The van der Waals surface area contributed by atoms with Crippen LogP contribution in [0.4, 0.5) is 0 Å². The third-order valence-electron chi connectivity index (χ3n) is 3.47. The van der Waals surface area contributed by atoms with Crippen molar-refractivity contribution in [3.8, 4) is 5.75 Å². The summed E-state index contributed by atoms with van der Waals surface area (Å²) in [4.78, 5) is 0. The maximum atomic E-state index is 6.49. The molecule has 2 atom stereocenters. The smallest absolute Gasteiger partial charge is 0.124 e. The van der Waals surface area contributed by atoms with Gasteiger partial charge in [0, 0.05) is 11.1 Å². The third kappa shape index (κ3) is 3.22. The first-order valence-corrected chi connectivity index (χ1v) is 6.44. The summed E-state index contributed by atoms with van der Waals surface area (Å²) in [5.41, 5.74) is 7.24. The van der Waals surface area contributed by atoms with Crippen LogP contribution in [0.1, 0.15) is 46.6 Å². The van der Waals surface area contributed by atoms with E-state index in [2.05, 4.69) is 26.8 Å². The van der Waals surface area contributed by atoms with E-state index < -0.39 is 0 Å². The van der Waals surface area contributed by atoms with Gasteiger partial charge in [0.2, 0.25) is 0 Å². The molecule has 2 N–H and O–H groups in total. The van der Waals surface area contributed by atoms with Crippen LogP contribution in [-0.2, 0) is 5.54 Å². The van der Waals surface area contributed by atoms with Crippen molar-refractivity contribution in [3.05, 3.63) is 29.8 Å². The Labute approximate surface area is 105 Å². The molecule has 2 unspecified atom stereocenters. The molecule has 0 aliphatic heterocycles. The first-order valence-electron chi connectivity index (χ1n) is 6.44. The van der Waals surface area contributed by atoms with Gasteiger partial charge in [-0.15, -0.1) is 0 Å². The molecule has 2 nitrogen and oxygen atoms in total. The number of rotatable bonds is 5. The lowest BCUT2D eigenvalue weighted by atomic mass is 9.79. The number of benzene rings is 1. The molecular formula is C15H25NO. The first-order chi connectivity index (χ1) is 7.89. The third-order valence-corrected chi connectivity index (χ3v) is 3.47. The van der Waals surface area contributed by atoms with Crippen LogP contribution in [0.3, 0.4) is 0 Å². The van der Waals surface area contributed by atoms with Crippen LogP contribution in [0.25, 0.3) is 0 Å². The zero-order chi connectivity index (χ0) is 13.1. The fourth-order valence-electron chi connectivity index (χ4n) is 1.96. The van der Waals surface area contributed by atoms with Gasteiger partial charge in [0.05, 0.1) is 6.10 Å². The van der Waals surface area contributed by atoms with Gasteiger partial charge in [0.25, 0.3) is 0 Å². The van der Waals surface area contributed by atoms with E-state index in [4.69, 9.17) is 10.5 Å². The Morgan fingerprint density at radius 3 is 2.35 bits per heavy atom. The van der Waals surface area contributed by atoms with Gasteiger partial charge >= 0.3 is 0 Å². The molecule has 0 bridgehead atoms. The second-order valence-corrected chi connectivity index (χ2v) is 5.25. The fraction of sp³-hybridized carbons (Fsp3) is 0.600. The monoisotopic (exact) mass is 235 g/mol. The average Bonchev–Trinajstić information content (AvgIpc) is 2.27. The SMILES string of the molecule is CCC(C)C(C)(N)c1ccccc1OC(C)C. The van der Waals surface area contributed by atoms with Crippen LogP contribution >= 0.6 is 0 Å². The van der Waals surface area contributed by atoms with E-state index in [9.17, 15) is 0 Å². The van der Waals surface area contributed by atoms with Gasteiger partial charge in [-0.05, 0) is 32.8 Å². The lowest BCUT2D eigenvalue weighted by molar-refractivity contribution is 0.226. The summed E-state index contributed by atoms with van der Waals surface area (Å²) in [7, 11) is 0. The molecule has 0 saturated carbocycles. The lowest BCUT2D eigenvalue weighted by Gasteiger charge is -2.33. The molecule has 0 amide bonds. The molecule has 0 fully saturated rings. The van der Waals surface area contributed by atoms with Gasteiger partial charge < -0.3 is 10.5 Å². The van der Waals surface area contributed by atoms with Crippen LogP contribution < -0.4 is 10.5 Å². The molecule has 2 heteroatoms. The minimum absolute atomic E-state index is 0.170. The predicted molar refractivity (Wildman–Crippen MR) is 73.2 cm³/mol. The molecule has 0 aliphatic rings. The number of para-hydroxylation sites is 1. The largest absolute Gasteiger partial charge is 0.491 e. The van der Waals surface area contributed by atoms with Crippen molar-refractivity contribution in [1.29, 1.82) is 0 Å². The quantitative estimate of drug-likeness (QED) is 0.844. The lowest BCUT2D eigenvalue weighted by Crippen LogP contribution is -2.40. The summed E-state index contributed by atoms with van der Waals surface area (Å²) in [5, 5.41) is 0. The number of hydrogen-bond acceptors (Lipinski definition) is 2. The minimum atomic E-state index is -0.347. The van der Waals surface area contributed by atoms with E-state index in [1.54, 1.807) is 0 Å². The first kappa shape index (κ1) is 14.0. The van der Waals surface area contributed by atoms with Crippen LogP contribution in [0.5, 0.6) is 5.75 Å². The summed E-state index contributed by atoms with van der Waals surface area (Å²) in [6, 6.07) is 8.09.